The van der Waals surface area contributed by atoms with Gasteiger partial charge in [0.2, 0.25) is 5.91 Å². The fourth-order valence-electron chi connectivity index (χ4n) is 2.95. The molecule has 1 aromatic heterocycles. The van der Waals surface area contributed by atoms with Gasteiger partial charge in [-0.1, -0.05) is 12.1 Å². The Bertz CT molecular complexity index is 743. The molecule has 0 spiro atoms. The molecule has 5 nitrogen and oxygen atoms in total. The lowest BCUT2D eigenvalue weighted by molar-refractivity contribution is -0.125. The van der Waals surface area contributed by atoms with Crippen molar-refractivity contribution in [3.05, 3.63) is 59.3 Å². The Morgan fingerprint density at radius 1 is 1.38 bits per heavy atom. The van der Waals surface area contributed by atoms with E-state index in [0.29, 0.717) is 25.1 Å². The number of aryl methyl sites for hydroxylation is 1. The first kappa shape index (κ1) is 16.2. The van der Waals surface area contributed by atoms with Crippen LogP contribution >= 0.6 is 0 Å². The van der Waals surface area contributed by atoms with Crippen LogP contribution in [0.15, 0.2) is 41.0 Å². The standard InChI is InChI=1S/C18H19FN2O3/c1-12-10-13(6-7-14(12)19)11-20-17(22)15-4-2-8-21(15)18(23)16-5-3-9-24-16/h3,5-7,9-10,15H,2,4,8,11H2,1H3,(H,20,22). The van der Waals surface area contributed by atoms with Crippen LogP contribution in [0.4, 0.5) is 4.39 Å². The summed E-state index contributed by atoms with van der Waals surface area (Å²) >= 11 is 0. The Labute approximate surface area is 139 Å². The molecule has 0 saturated carbocycles. The lowest BCUT2D eigenvalue weighted by atomic mass is 10.1. The number of carbonyl (C=O) groups is 2. The first-order chi connectivity index (χ1) is 11.6. The SMILES string of the molecule is Cc1cc(CNC(=O)C2CCCN2C(=O)c2ccco2)ccc1F. The van der Waals surface area contributed by atoms with E-state index in [2.05, 4.69) is 5.32 Å². The van der Waals surface area contributed by atoms with Gasteiger partial charge < -0.3 is 14.6 Å². The molecule has 6 heteroatoms. The van der Waals surface area contributed by atoms with Crippen molar-refractivity contribution in [1.29, 1.82) is 0 Å². The van der Waals surface area contributed by atoms with Gasteiger partial charge in [-0.25, -0.2) is 4.39 Å². The van der Waals surface area contributed by atoms with Gasteiger partial charge >= 0.3 is 0 Å². The molecule has 1 atom stereocenters. The van der Waals surface area contributed by atoms with Crippen LogP contribution < -0.4 is 5.32 Å². The molecule has 1 unspecified atom stereocenters. The lowest BCUT2D eigenvalue weighted by Crippen LogP contribution is -2.45. The van der Waals surface area contributed by atoms with E-state index < -0.39 is 6.04 Å². The molecule has 24 heavy (non-hydrogen) atoms. The van der Waals surface area contributed by atoms with Gasteiger partial charge in [0.25, 0.3) is 5.91 Å². The summed E-state index contributed by atoms with van der Waals surface area (Å²) in [6.07, 6.45) is 2.84. The van der Waals surface area contributed by atoms with Crippen molar-refractivity contribution in [2.45, 2.75) is 32.4 Å². The Morgan fingerprint density at radius 3 is 2.92 bits per heavy atom. The molecule has 1 saturated heterocycles. The monoisotopic (exact) mass is 330 g/mol. The number of hydrogen-bond acceptors (Lipinski definition) is 3. The fraction of sp³-hybridized carbons (Fsp3) is 0.333. The van der Waals surface area contributed by atoms with Crippen LogP contribution in [0.1, 0.15) is 34.5 Å². The molecule has 1 aromatic carbocycles. The summed E-state index contributed by atoms with van der Waals surface area (Å²) < 4.78 is 18.4. The summed E-state index contributed by atoms with van der Waals surface area (Å²) in [5, 5.41) is 2.83. The molecular weight excluding hydrogens is 311 g/mol. The summed E-state index contributed by atoms with van der Waals surface area (Å²) in [6, 6.07) is 7.48. The smallest absolute Gasteiger partial charge is 0.290 e. The van der Waals surface area contributed by atoms with Gasteiger partial charge in [0.1, 0.15) is 11.9 Å². The molecule has 2 heterocycles. The number of halogens is 1. The molecule has 1 N–H and O–H groups in total. The number of benzene rings is 1. The highest BCUT2D eigenvalue weighted by Gasteiger charge is 2.35. The highest BCUT2D eigenvalue weighted by atomic mass is 19.1. The number of nitrogens with one attached hydrogen (secondary N) is 1. The Kier molecular flexibility index (Phi) is 4.64. The molecule has 1 aliphatic rings. The van der Waals surface area contributed by atoms with E-state index in [1.165, 1.54) is 12.3 Å². The zero-order chi connectivity index (χ0) is 17.1. The van der Waals surface area contributed by atoms with E-state index in [-0.39, 0.29) is 23.4 Å². The summed E-state index contributed by atoms with van der Waals surface area (Å²) in [7, 11) is 0. The molecule has 0 aliphatic carbocycles. The fourth-order valence-corrected chi connectivity index (χ4v) is 2.95. The molecule has 0 bridgehead atoms. The lowest BCUT2D eigenvalue weighted by Gasteiger charge is -2.23. The van der Waals surface area contributed by atoms with E-state index in [1.54, 1.807) is 36.1 Å². The summed E-state index contributed by atoms with van der Waals surface area (Å²) in [5.74, 6) is -0.496. The summed E-state index contributed by atoms with van der Waals surface area (Å²) in [4.78, 5) is 26.4. The van der Waals surface area contributed by atoms with Crippen LogP contribution in [-0.4, -0.2) is 29.3 Å². The quantitative estimate of drug-likeness (QED) is 0.937. The predicted molar refractivity (Wildman–Crippen MR) is 85.8 cm³/mol. The average Bonchev–Trinajstić information content (AvgIpc) is 3.26. The highest BCUT2D eigenvalue weighted by Crippen LogP contribution is 2.21. The third-order valence-electron chi connectivity index (χ3n) is 4.24. The Morgan fingerprint density at radius 2 is 2.21 bits per heavy atom. The molecule has 2 amide bonds. The maximum atomic E-state index is 13.3. The van der Waals surface area contributed by atoms with Crippen molar-refractivity contribution in [1.82, 2.24) is 10.2 Å². The zero-order valence-electron chi connectivity index (χ0n) is 13.4. The van der Waals surface area contributed by atoms with Crippen molar-refractivity contribution < 1.29 is 18.4 Å². The third-order valence-corrected chi connectivity index (χ3v) is 4.24. The van der Waals surface area contributed by atoms with Gasteiger partial charge in [0, 0.05) is 13.1 Å². The van der Waals surface area contributed by atoms with Gasteiger partial charge in [-0.2, -0.15) is 0 Å². The Balaban J connectivity index is 1.63. The van der Waals surface area contributed by atoms with E-state index in [4.69, 9.17) is 4.42 Å². The Hall–Kier alpha value is -2.63. The maximum Gasteiger partial charge on any atom is 0.290 e. The number of amides is 2. The van der Waals surface area contributed by atoms with Crippen molar-refractivity contribution in [3.8, 4) is 0 Å². The second kappa shape index (κ2) is 6.86. The minimum atomic E-state index is -0.496. The zero-order valence-corrected chi connectivity index (χ0v) is 13.4. The summed E-state index contributed by atoms with van der Waals surface area (Å²) in [6.45, 7) is 2.52. The van der Waals surface area contributed by atoms with Crippen LogP contribution in [0.2, 0.25) is 0 Å². The number of likely N-dealkylation sites (tertiary alicyclic amines) is 1. The van der Waals surface area contributed by atoms with E-state index in [9.17, 15) is 14.0 Å². The second-order valence-corrected chi connectivity index (χ2v) is 5.94. The van der Waals surface area contributed by atoms with Crippen molar-refractivity contribution in [2.75, 3.05) is 6.54 Å². The third kappa shape index (κ3) is 3.32. The largest absolute Gasteiger partial charge is 0.459 e. The first-order valence-electron chi connectivity index (χ1n) is 7.93. The van der Waals surface area contributed by atoms with Crippen LogP contribution in [0, 0.1) is 12.7 Å². The molecular formula is C18H19FN2O3. The summed E-state index contributed by atoms with van der Waals surface area (Å²) in [5.41, 5.74) is 1.36. The van der Waals surface area contributed by atoms with Gasteiger partial charge in [0.05, 0.1) is 6.26 Å². The molecule has 1 aliphatic heterocycles. The van der Waals surface area contributed by atoms with Crippen LogP contribution in [0.5, 0.6) is 0 Å². The number of nitrogens with zero attached hydrogens (tertiary/aromatic N) is 1. The van der Waals surface area contributed by atoms with Crippen molar-refractivity contribution >= 4 is 11.8 Å². The molecule has 1 fully saturated rings. The normalized spacial score (nSPS) is 17.1. The average molecular weight is 330 g/mol. The van der Waals surface area contributed by atoms with Gasteiger partial charge in [-0.05, 0) is 49.1 Å². The van der Waals surface area contributed by atoms with Crippen LogP contribution in [0.3, 0.4) is 0 Å². The van der Waals surface area contributed by atoms with Gasteiger partial charge in [-0.15, -0.1) is 0 Å². The molecule has 3 rings (SSSR count). The first-order valence-corrected chi connectivity index (χ1v) is 7.93. The topological polar surface area (TPSA) is 62.6 Å². The van der Waals surface area contributed by atoms with E-state index in [0.717, 1.165) is 12.0 Å². The minimum absolute atomic E-state index is 0.200. The van der Waals surface area contributed by atoms with Crippen LogP contribution in [0.25, 0.3) is 0 Å². The molecule has 0 radical (unpaired) electrons. The van der Waals surface area contributed by atoms with Crippen LogP contribution in [-0.2, 0) is 11.3 Å². The minimum Gasteiger partial charge on any atom is -0.459 e. The predicted octanol–water partition coefficient (Wildman–Crippen LogP) is 2.65. The van der Waals surface area contributed by atoms with Crippen molar-refractivity contribution in [3.63, 3.8) is 0 Å². The highest BCUT2D eigenvalue weighted by molar-refractivity contribution is 5.95. The maximum absolute atomic E-state index is 13.3. The number of rotatable bonds is 4. The van der Waals surface area contributed by atoms with E-state index in [1.807, 2.05) is 0 Å². The molecule has 126 valence electrons. The second-order valence-electron chi connectivity index (χ2n) is 5.94. The van der Waals surface area contributed by atoms with Gasteiger partial charge in [0.15, 0.2) is 5.76 Å². The van der Waals surface area contributed by atoms with Gasteiger partial charge in [-0.3, -0.25) is 9.59 Å². The molecule has 2 aromatic rings. The number of furan rings is 1. The van der Waals surface area contributed by atoms with Crippen molar-refractivity contribution in [2.24, 2.45) is 0 Å². The van der Waals surface area contributed by atoms with E-state index >= 15 is 0 Å². The number of hydrogen-bond donors (Lipinski definition) is 1. The number of carbonyl (C=O) groups excluding carboxylic acids is 2.